The Morgan fingerprint density at radius 1 is 1.22 bits per heavy atom. The summed E-state index contributed by atoms with van der Waals surface area (Å²) in [5.74, 6) is 0.397. The summed E-state index contributed by atoms with van der Waals surface area (Å²) in [5, 5.41) is 0. The topological polar surface area (TPSA) is 61.0 Å². The van der Waals surface area contributed by atoms with Crippen LogP contribution in [0, 0.1) is 6.92 Å². The molecular weight excluding hydrogens is 226 g/mol. The normalized spacial score (nSPS) is 24.3. The Balaban J connectivity index is 2.04. The van der Waals surface area contributed by atoms with Gasteiger partial charge in [-0.15, -0.1) is 0 Å². The van der Waals surface area contributed by atoms with E-state index < -0.39 is 0 Å². The fourth-order valence-electron chi connectivity index (χ4n) is 2.27. The Hall–Kier alpha value is -1.16. The van der Waals surface area contributed by atoms with Crippen molar-refractivity contribution in [2.24, 2.45) is 5.73 Å². The van der Waals surface area contributed by atoms with Gasteiger partial charge in [0.1, 0.15) is 6.10 Å². The molecule has 0 amide bonds. The minimum Gasteiger partial charge on any atom is -0.460 e. The lowest BCUT2D eigenvalue weighted by Gasteiger charge is -2.26. The van der Waals surface area contributed by atoms with Crippen molar-refractivity contribution in [2.75, 3.05) is 0 Å². The van der Waals surface area contributed by atoms with E-state index in [1.807, 2.05) is 13.0 Å². The summed E-state index contributed by atoms with van der Waals surface area (Å²) < 4.78 is 5.90. The standard InChI is InChI=1S/C14H23N3O/c1-9(2)13-8-10(3)16-14(17-13)18-12-6-4-11(15)5-7-12/h8-9,11-12H,4-7,15H2,1-3H3. The summed E-state index contributed by atoms with van der Waals surface area (Å²) in [7, 11) is 0. The molecule has 0 bridgehead atoms. The van der Waals surface area contributed by atoms with Crippen LogP contribution in [-0.2, 0) is 0 Å². The van der Waals surface area contributed by atoms with Crippen molar-refractivity contribution in [3.05, 3.63) is 17.5 Å². The van der Waals surface area contributed by atoms with Gasteiger partial charge in [0.25, 0.3) is 0 Å². The smallest absolute Gasteiger partial charge is 0.317 e. The molecular formula is C14H23N3O. The second kappa shape index (κ2) is 5.65. The number of ether oxygens (including phenoxy) is 1. The molecule has 1 fully saturated rings. The molecule has 1 aliphatic rings. The summed E-state index contributed by atoms with van der Waals surface area (Å²) in [5.41, 5.74) is 7.91. The van der Waals surface area contributed by atoms with Gasteiger partial charge in [-0.3, -0.25) is 0 Å². The minimum atomic E-state index is 0.228. The molecule has 0 saturated heterocycles. The summed E-state index contributed by atoms with van der Waals surface area (Å²) in [4.78, 5) is 8.85. The van der Waals surface area contributed by atoms with Gasteiger partial charge in [0, 0.05) is 11.7 Å². The molecule has 0 aliphatic heterocycles. The van der Waals surface area contributed by atoms with Crippen molar-refractivity contribution in [3.8, 4) is 6.01 Å². The predicted molar refractivity (Wildman–Crippen MR) is 71.7 cm³/mol. The van der Waals surface area contributed by atoms with E-state index in [-0.39, 0.29) is 6.10 Å². The lowest BCUT2D eigenvalue weighted by atomic mass is 9.94. The van der Waals surface area contributed by atoms with Crippen LogP contribution in [0.2, 0.25) is 0 Å². The number of nitrogens with two attached hydrogens (primary N) is 1. The molecule has 1 aliphatic carbocycles. The van der Waals surface area contributed by atoms with Gasteiger partial charge in [-0.2, -0.15) is 4.98 Å². The molecule has 0 radical (unpaired) electrons. The SMILES string of the molecule is Cc1cc(C(C)C)nc(OC2CCC(N)CC2)n1. The molecule has 1 aromatic rings. The highest BCUT2D eigenvalue weighted by molar-refractivity contribution is 5.15. The Morgan fingerprint density at radius 3 is 2.50 bits per heavy atom. The summed E-state index contributed by atoms with van der Waals surface area (Å²) in [6, 6.07) is 2.89. The van der Waals surface area contributed by atoms with Gasteiger partial charge in [0.05, 0.1) is 5.69 Å². The summed E-state index contributed by atoms with van der Waals surface area (Å²) in [6.07, 6.45) is 4.32. The van der Waals surface area contributed by atoms with E-state index in [2.05, 4.69) is 23.8 Å². The number of rotatable bonds is 3. The predicted octanol–water partition coefficient (Wildman–Crippen LogP) is 2.56. The number of aryl methyl sites for hydroxylation is 1. The third-order valence-corrected chi connectivity index (χ3v) is 3.44. The minimum absolute atomic E-state index is 0.228. The highest BCUT2D eigenvalue weighted by Gasteiger charge is 2.21. The zero-order chi connectivity index (χ0) is 13.1. The van der Waals surface area contributed by atoms with E-state index in [0.29, 0.717) is 18.0 Å². The molecule has 100 valence electrons. The Bertz CT molecular complexity index is 398. The lowest BCUT2D eigenvalue weighted by molar-refractivity contribution is 0.134. The first kappa shape index (κ1) is 13.3. The molecule has 2 N–H and O–H groups in total. The van der Waals surface area contributed by atoms with Crippen molar-refractivity contribution >= 4 is 0 Å². The van der Waals surface area contributed by atoms with E-state index in [1.54, 1.807) is 0 Å². The van der Waals surface area contributed by atoms with Crippen LogP contribution >= 0.6 is 0 Å². The van der Waals surface area contributed by atoms with Crippen LogP contribution in [0.25, 0.3) is 0 Å². The van der Waals surface area contributed by atoms with Gasteiger partial charge < -0.3 is 10.5 Å². The largest absolute Gasteiger partial charge is 0.460 e. The van der Waals surface area contributed by atoms with E-state index >= 15 is 0 Å². The van der Waals surface area contributed by atoms with Crippen LogP contribution < -0.4 is 10.5 Å². The number of hydrogen-bond acceptors (Lipinski definition) is 4. The fourth-order valence-corrected chi connectivity index (χ4v) is 2.27. The maximum absolute atomic E-state index is 5.90. The third kappa shape index (κ3) is 3.42. The molecule has 0 aromatic carbocycles. The molecule has 1 aromatic heterocycles. The first-order valence-corrected chi connectivity index (χ1v) is 6.82. The number of aromatic nitrogens is 2. The second-order valence-electron chi connectivity index (χ2n) is 5.53. The van der Waals surface area contributed by atoms with Crippen molar-refractivity contribution in [1.82, 2.24) is 9.97 Å². The Labute approximate surface area is 109 Å². The first-order valence-electron chi connectivity index (χ1n) is 6.82. The van der Waals surface area contributed by atoms with E-state index in [1.165, 1.54) is 0 Å². The van der Waals surface area contributed by atoms with Crippen LogP contribution in [-0.4, -0.2) is 22.1 Å². The van der Waals surface area contributed by atoms with Gasteiger partial charge in [-0.05, 0) is 44.6 Å². The zero-order valence-corrected chi connectivity index (χ0v) is 11.5. The molecule has 1 saturated carbocycles. The summed E-state index contributed by atoms with van der Waals surface area (Å²) >= 11 is 0. The van der Waals surface area contributed by atoms with Gasteiger partial charge in [-0.25, -0.2) is 4.98 Å². The molecule has 4 heteroatoms. The number of nitrogens with zero attached hydrogens (tertiary/aromatic N) is 2. The first-order chi connectivity index (χ1) is 8.54. The van der Waals surface area contributed by atoms with Crippen LogP contribution in [0.5, 0.6) is 6.01 Å². The van der Waals surface area contributed by atoms with Crippen LogP contribution in [0.3, 0.4) is 0 Å². The Morgan fingerprint density at radius 2 is 1.89 bits per heavy atom. The Kier molecular flexibility index (Phi) is 4.17. The van der Waals surface area contributed by atoms with Crippen molar-refractivity contribution in [2.45, 2.75) is 64.5 Å². The van der Waals surface area contributed by atoms with Crippen molar-refractivity contribution in [1.29, 1.82) is 0 Å². The molecule has 4 nitrogen and oxygen atoms in total. The van der Waals surface area contributed by atoms with Crippen LogP contribution in [0.1, 0.15) is 56.8 Å². The molecule has 2 rings (SSSR count). The van der Waals surface area contributed by atoms with Gasteiger partial charge in [0.2, 0.25) is 0 Å². The second-order valence-corrected chi connectivity index (χ2v) is 5.53. The van der Waals surface area contributed by atoms with Crippen molar-refractivity contribution in [3.63, 3.8) is 0 Å². The van der Waals surface area contributed by atoms with Gasteiger partial charge >= 0.3 is 6.01 Å². The average Bonchev–Trinajstić information content (AvgIpc) is 2.31. The van der Waals surface area contributed by atoms with E-state index in [0.717, 1.165) is 37.1 Å². The maximum Gasteiger partial charge on any atom is 0.317 e. The van der Waals surface area contributed by atoms with Crippen molar-refractivity contribution < 1.29 is 4.74 Å². The van der Waals surface area contributed by atoms with E-state index in [9.17, 15) is 0 Å². The molecule has 0 unspecified atom stereocenters. The molecule has 18 heavy (non-hydrogen) atoms. The molecule has 0 atom stereocenters. The van der Waals surface area contributed by atoms with Gasteiger partial charge in [-0.1, -0.05) is 13.8 Å². The summed E-state index contributed by atoms with van der Waals surface area (Å²) in [6.45, 7) is 6.24. The average molecular weight is 249 g/mol. The zero-order valence-electron chi connectivity index (χ0n) is 11.5. The highest BCUT2D eigenvalue weighted by atomic mass is 16.5. The van der Waals surface area contributed by atoms with E-state index in [4.69, 9.17) is 10.5 Å². The maximum atomic E-state index is 5.90. The highest BCUT2D eigenvalue weighted by Crippen LogP contribution is 2.22. The lowest BCUT2D eigenvalue weighted by Crippen LogP contribution is -2.32. The molecule has 1 heterocycles. The number of hydrogen-bond donors (Lipinski definition) is 1. The third-order valence-electron chi connectivity index (χ3n) is 3.44. The monoisotopic (exact) mass is 249 g/mol. The fraction of sp³-hybridized carbons (Fsp3) is 0.714. The van der Waals surface area contributed by atoms with Crippen LogP contribution in [0.15, 0.2) is 6.07 Å². The van der Waals surface area contributed by atoms with Crippen LogP contribution in [0.4, 0.5) is 0 Å². The molecule has 0 spiro atoms. The van der Waals surface area contributed by atoms with Gasteiger partial charge in [0.15, 0.2) is 0 Å². The quantitative estimate of drug-likeness (QED) is 0.894.